The maximum Gasteiger partial charge on any atom is 0.326 e. The van der Waals surface area contributed by atoms with E-state index in [1.54, 1.807) is 13.8 Å². The van der Waals surface area contributed by atoms with Gasteiger partial charge in [0.05, 0.1) is 13.0 Å². The predicted molar refractivity (Wildman–Crippen MR) is 71.1 cm³/mol. The molecule has 0 saturated carbocycles. The molecule has 114 valence electrons. The topological polar surface area (TPSA) is 95.9 Å². The predicted octanol–water partition coefficient (Wildman–Crippen LogP) is 0.690. The normalized spacial score (nSPS) is 17.7. The van der Waals surface area contributed by atoms with Gasteiger partial charge in [-0.2, -0.15) is 0 Å². The van der Waals surface area contributed by atoms with Gasteiger partial charge in [-0.05, 0) is 18.8 Å². The average molecular weight is 286 g/mol. The number of piperidine rings is 1. The van der Waals surface area contributed by atoms with Gasteiger partial charge in [0, 0.05) is 13.1 Å². The summed E-state index contributed by atoms with van der Waals surface area (Å²) in [5.41, 5.74) is 0. The highest BCUT2D eigenvalue weighted by Gasteiger charge is 2.30. The minimum absolute atomic E-state index is 0.176. The zero-order chi connectivity index (χ0) is 15.3. The first-order valence-corrected chi connectivity index (χ1v) is 6.72. The van der Waals surface area contributed by atoms with Gasteiger partial charge in [0.2, 0.25) is 0 Å². The molecule has 0 aromatic heterocycles. The van der Waals surface area contributed by atoms with Gasteiger partial charge in [-0.25, -0.2) is 9.59 Å². The van der Waals surface area contributed by atoms with Crippen LogP contribution < -0.4 is 5.32 Å². The number of carboxylic acids is 1. The van der Waals surface area contributed by atoms with Gasteiger partial charge >= 0.3 is 18.0 Å². The van der Waals surface area contributed by atoms with Crippen molar-refractivity contribution in [3.63, 3.8) is 0 Å². The van der Waals surface area contributed by atoms with Crippen molar-refractivity contribution < 1.29 is 24.2 Å². The fraction of sp³-hybridized carbons (Fsp3) is 0.769. The van der Waals surface area contributed by atoms with Crippen LogP contribution in [-0.2, 0) is 14.3 Å². The Hall–Kier alpha value is -1.79. The summed E-state index contributed by atoms with van der Waals surface area (Å²) in [6, 6.07) is -1.30. The molecule has 1 aliphatic rings. The fourth-order valence-corrected chi connectivity index (χ4v) is 2.22. The van der Waals surface area contributed by atoms with E-state index in [1.807, 2.05) is 0 Å². The third kappa shape index (κ3) is 4.11. The van der Waals surface area contributed by atoms with E-state index in [9.17, 15) is 14.4 Å². The van der Waals surface area contributed by atoms with E-state index in [2.05, 4.69) is 10.1 Å². The van der Waals surface area contributed by atoms with Crippen LogP contribution >= 0.6 is 0 Å². The molecule has 0 aliphatic carbocycles. The SMILES string of the molecule is COC(=O)C1CCN(C(=O)N[C@@H](C(=O)O)C(C)C)CC1. The van der Waals surface area contributed by atoms with Crippen molar-refractivity contribution in [3.8, 4) is 0 Å². The second-order valence-corrected chi connectivity index (χ2v) is 5.29. The molecule has 20 heavy (non-hydrogen) atoms. The van der Waals surface area contributed by atoms with Crippen LogP contribution in [0.2, 0.25) is 0 Å². The molecule has 0 spiro atoms. The molecule has 1 fully saturated rings. The summed E-state index contributed by atoms with van der Waals surface area (Å²) in [7, 11) is 1.35. The number of urea groups is 1. The largest absolute Gasteiger partial charge is 0.480 e. The lowest BCUT2D eigenvalue weighted by Crippen LogP contribution is -2.52. The number of likely N-dealkylation sites (tertiary alicyclic amines) is 1. The van der Waals surface area contributed by atoms with Gasteiger partial charge in [-0.1, -0.05) is 13.8 Å². The van der Waals surface area contributed by atoms with Gasteiger partial charge in [0.1, 0.15) is 6.04 Å². The Bertz CT molecular complexity index is 375. The van der Waals surface area contributed by atoms with Crippen LogP contribution in [0.15, 0.2) is 0 Å². The number of ether oxygens (including phenoxy) is 1. The van der Waals surface area contributed by atoms with E-state index in [-0.39, 0.29) is 17.8 Å². The molecule has 0 radical (unpaired) electrons. The van der Waals surface area contributed by atoms with Crippen molar-refractivity contribution in [2.45, 2.75) is 32.7 Å². The van der Waals surface area contributed by atoms with Gasteiger partial charge < -0.3 is 20.1 Å². The number of nitrogens with zero attached hydrogens (tertiary/aromatic N) is 1. The molecule has 2 amide bonds. The van der Waals surface area contributed by atoms with Crippen LogP contribution in [0.5, 0.6) is 0 Å². The van der Waals surface area contributed by atoms with E-state index in [4.69, 9.17) is 5.11 Å². The van der Waals surface area contributed by atoms with Crippen LogP contribution in [0, 0.1) is 11.8 Å². The minimum Gasteiger partial charge on any atom is -0.480 e. The maximum absolute atomic E-state index is 12.0. The summed E-state index contributed by atoms with van der Waals surface area (Å²) in [5.74, 6) is -1.66. The van der Waals surface area contributed by atoms with E-state index >= 15 is 0 Å². The van der Waals surface area contributed by atoms with E-state index in [1.165, 1.54) is 12.0 Å². The number of aliphatic carboxylic acids is 1. The second-order valence-electron chi connectivity index (χ2n) is 5.29. The molecule has 1 heterocycles. The first-order valence-electron chi connectivity index (χ1n) is 6.72. The molecule has 1 aliphatic heterocycles. The number of rotatable bonds is 4. The molecule has 0 unspecified atom stereocenters. The standard InChI is InChI=1S/C13H22N2O5/c1-8(2)10(11(16)17)14-13(19)15-6-4-9(5-7-15)12(18)20-3/h8-10H,4-7H2,1-3H3,(H,14,19)(H,16,17)/t10-/m1/s1. The van der Waals surface area contributed by atoms with Crippen LogP contribution in [-0.4, -0.2) is 54.2 Å². The van der Waals surface area contributed by atoms with Crippen molar-refractivity contribution in [2.75, 3.05) is 20.2 Å². The van der Waals surface area contributed by atoms with Crippen molar-refractivity contribution >= 4 is 18.0 Å². The lowest BCUT2D eigenvalue weighted by molar-refractivity contribution is -0.146. The van der Waals surface area contributed by atoms with Gasteiger partial charge in [0.25, 0.3) is 0 Å². The summed E-state index contributed by atoms with van der Waals surface area (Å²) in [4.78, 5) is 36.0. The zero-order valence-corrected chi connectivity index (χ0v) is 12.1. The molecule has 1 rings (SSSR count). The number of hydrogen-bond acceptors (Lipinski definition) is 4. The number of amides is 2. The van der Waals surface area contributed by atoms with Gasteiger partial charge in [0.15, 0.2) is 0 Å². The number of carbonyl (C=O) groups is 3. The Kier molecular flexibility index (Phi) is 5.79. The van der Waals surface area contributed by atoms with E-state index in [0.29, 0.717) is 25.9 Å². The molecular weight excluding hydrogens is 264 g/mol. The van der Waals surface area contributed by atoms with Crippen molar-refractivity contribution in [1.82, 2.24) is 10.2 Å². The fourth-order valence-electron chi connectivity index (χ4n) is 2.22. The van der Waals surface area contributed by atoms with Crippen molar-refractivity contribution in [2.24, 2.45) is 11.8 Å². The van der Waals surface area contributed by atoms with Crippen molar-refractivity contribution in [1.29, 1.82) is 0 Å². The summed E-state index contributed by atoms with van der Waals surface area (Å²) in [6.45, 7) is 4.33. The highest BCUT2D eigenvalue weighted by molar-refractivity contribution is 5.83. The summed E-state index contributed by atoms with van der Waals surface area (Å²) < 4.78 is 4.68. The van der Waals surface area contributed by atoms with E-state index in [0.717, 1.165) is 0 Å². The van der Waals surface area contributed by atoms with Crippen molar-refractivity contribution in [3.05, 3.63) is 0 Å². The third-order valence-corrected chi connectivity index (χ3v) is 3.53. The minimum atomic E-state index is -1.04. The number of methoxy groups -OCH3 is 1. The first kappa shape index (κ1) is 16.3. The van der Waals surface area contributed by atoms with Crippen LogP contribution in [0.25, 0.3) is 0 Å². The monoisotopic (exact) mass is 286 g/mol. The van der Waals surface area contributed by atoms with Gasteiger partial charge in [-0.3, -0.25) is 4.79 Å². The molecular formula is C13H22N2O5. The number of nitrogens with one attached hydrogen (secondary N) is 1. The average Bonchev–Trinajstić information content (AvgIpc) is 2.43. The highest BCUT2D eigenvalue weighted by atomic mass is 16.5. The Morgan fingerprint density at radius 3 is 2.20 bits per heavy atom. The summed E-state index contributed by atoms with van der Waals surface area (Å²) in [5, 5.41) is 11.6. The smallest absolute Gasteiger partial charge is 0.326 e. The molecule has 2 N–H and O–H groups in total. The molecule has 7 nitrogen and oxygen atoms in total. The number of carbonyl (C=O) groups excluding carboxylic acids is 2. The molecule has 1 atom stereocenters. The van der Waals surface area contributed by atoms with Crippen LogP contribution in [0.4, 0.5) is 4.79 Å². The lowest BCUT2D eigenvalue weighted by Gasteiger charge is -2.32. The zero-order valence-electron chi connectivity index (χ0n) is 12.1. The highest BCUT2D eigenvalue weighted by Crippen LogP contribution is 2.18. The second kappa shape index (κ2) is 7.12. The number of hydrogen-bond donors (Lipinski definition) is 2. The van der Waals surface area contributed by atoms with Gasteiger partial charge in [-0.15, -0.1) is 0 Å². The Morgan fingerprint density at radius 2 is 1.80 bits per heavy atom. The summed E-state index contributed by atoms with van der Waals surface area (Å²) >= 11 is 0. The molecule has 1 saturated heterocycles. The molecule has 0 aromatic carbocycles. The Morgan fingerprint density at radius 1 is 1.25 bits per heavy atom. The van der Waals surface area contributed by atoms with Crippen LogP contribution in [0.1, 0.15) is 26.7 Å². The van der Waals surface area contributed by atoms with Crippen LogP contribution in [0.3, 0.4) is 0 Å². The van der Waals surface area contributed by atoms with E-state index < -0.39 is 18.0 Å². The molecule has 0 aromatic rings. The third-order valence-electron chi connectivity index (χ3n) is 3.53. The Balaban J connectivity index is 2.50. The maximum atomic E-state index is 12.0. The number of esters is 1. The molecule has 0 bridgehead atoms. The lowest BCUT2D eigenvalue weighted by atomic mass is 9.97. The molecule has 7 heteroatoms. The number of carboxylic acid groups (broad SMARTS) is 1. The first-order chi connectivity index (χ1) is 9.36. The summed E-state index contributed by atoms with van der Waals surface area (Å²) in [6.07, 6.45) is 1.08. The Labute approximate surface area is 118 Å². The quantitative estimate of drug-likeness (QED) is 0.741.